The van der Waals surface area contributed by atoms with Gasteiger partial charge in [-0.3, -0.25) is 14.4 Å². The lowest BCUT2D eigenvalue weighted by Crippen LogP contribution is -2.47. The van der Waals surface area contributed by atoms with E-state index in [1.807, 2.05) is 36.4 Å². The highest BCUT2D eigenvalue weighted by atomic mass is 16.3. The lowest BCUT2D eigenvalue weighted by molar-refractivity contribution is -0.128. The van der Waals surface area contributed by atoms with Crippen LogP contribution in [0.15, 0.2) is 52.9 Å². The van der Waals surface area contributed by atoms with Gasteiger partial charge < -0.3 is 20.0 Å². The predicted octanol–water partition coefficient (Wildman–Crippen LogP) is 3.13. The van der Waals surface area contributed by atoms with E-state index < -0.39 is 6.04 Å². The van der Waals surface area contributed by atoms with Crippen LogP contribution in [0, 0.1) is 0 Å². The summed E-state index contributed by atoms with van der Waals surface area (Å²) in [6.45, 7) is 3.04. The van der Waals surface area contributed by atoms with Crippen molar-refractivity contribution in [1.82, 2.24) is 20.5 Å². The van der Waals surface area contributed by atoms with E-state index in [-0.39, 0.29) is 29.8 Å². The number of benzene rings is 2. The number of hydrogen-bond donors (Lipinski definition) is 2. The summed E-state index contributed by atoms with van der Waals surface area (Å²) < 4.78 is 5.80. The van der Waals surface area contributed by atoms with E-state index in [0.717, 1.165) is 29.5 Å². The molecule has 1 saturated carbocycles. The maximum atomic E-state index is 13.0. The average molecular weight is 449 g/mol. The Morgan fingerprint density at radius 1 is 1.09 bits per heavy atom. The highest BCUT2D eigenvalue weighted by Gasteiger charge is 2.32. The number of nitrogens with zero attached hydrogens (tertiary/aromatic N) is 2. The fourth-order valence-electron chi connectivity index (χ4n) is 4.26. The van der Waals surface area contributed by atoms with Gasteiger partial charge in [0.25, 0.3) is 5.91 Å². The fraction of sp³-hybridized carbons (Fsp3) is 0.360. The molecule has 2 N–H and O–H groups in total. The van der Waals surface area contributed by atoms with Gasteiger partial charge in [0.1, 0.15) is 11.6 Å². The Hall–Kier alpha value is -3.68. The zero-order chi connectivity index (χ0) is 23.5. The molecule has 0 radical (unpaired) electrons. The second kappa shape index (κ2) is 9.44. The predicted molar refractivity (Wildman–Crippen MR) is 124 cm³/mol. The quantitative estimate of drug-likeness (QED) is 0.603. The molecule has 1 aromatic heterocycles. The van der Waals surface area contributed by atoms with Crippen molar-refractivity contribution < 1.29 is 18.8 Å². The van der Waals surface area contributed by atoms with Crippen LogP contribution in [0.3, 0.4) is 0 Å². The van der Waals surface area contributed by atoms with Crippen molar-refractivity contribution in [2.24, 2.45) is 0 Å². The van der Waals surface area contributed by atoms with Gasteiger partial charge in [-0.15, -0.1) is 0 Å². The van der Waals surface area contributed by atoms with Crippen LogP contribution in [0.25, 0.3) is 22.6 Å². The summed E-state index contributed by atoms with van der Waals surface area (Å²) in [5.74, 6) is 0.00291. The molecule has 0 unspecified atom stereocenters. The van der Waals surface area contributed by atoms with E-state index in [9.17, 15) is 14.4 Å². The zero-order valence-electron chi connectivity index (χ0n) is 19.0. The van der Waals surface area contributed by atoms with E-state index in [0.29, 0.717) is 17.9 Å². The highest BCUT2D eigenvalue weighted by Crippen LogP contribution is 2.27. The number of nitrogens with one attached hydrogen (secondary N) is 2. The molecule has 3 amide bonds. The number of carbonyl (C=O) groups excluding carboxylic acids is 3. The first-order chi connectivity index (χ1) is 15.8. The van der Waals surface area contributed by atoms with Crippen molar-refractivity contribution in [3.05, 3.63) is 54.1 Å². The van der Waals surface area contributed by atoms with Crippen LogP contribution in [0.1, 0.15) is 43.5 Å². The molecule has 172 valence electrons. The molecule has 0 aliphatic heterocycles. The first kappa shape index (κ1) is 22.5. The van der Waals surface area contributed by atoms with E-state index >= 15 is 0 Å². The van der Waals surface area contributed by atoms with E-state index in [1.165, 1.54) is 6.92 Å². The van der Waals surface area contributed by atoms with Gasteiger partial charge in [-0.05, 0) is 62.6 Å². The van der Waals surface area contributed by atoms with Gasteiger partial charge in [0.2, 0.25) is 17.7 Å². The standard InChI is InChI=1S/C25H28N4O4/c1-15(26-16(2)30)23(31)27-19-12-13-20(14-19)29(3)25(32)18-10-8-17(9-11-18)24-28-21-6-4-5-7-22(21)33-24/h4-11,15,19-20H,12-14H2,1-3H3,(H,26,30)(H,27,31)/t15-,19+,20-/m0/s1. The monoisotopic (exact) mass is 448 g/mol. The SMILES string of the molecule is CC(=O)N[C@@H](C)C(=O)N[C@@H]1CC[C@H](N(C)C(=O)c2ccc(-c3nc4ccccc4o3)cc2)C1. The van der Waals surface area contributed by atoms with Crippen molar-refractivity contribution in [1.29, 1.82) is 0 Å². The summed E-state index contributed by atoms with van der Waals surface area (Å²) in [5, 5.41) is 5.56. The first-order valence-corrected chi connectivity index (χ1v) is 11.1. The number of oxazole rings is 1. The van der Waals surface area contributed by atoms with Gasteiger partial charge in [-0.25, -0.2) is 4.98 Å². The molecule has 8 nitrogen and oxygen atoms in total. The summed E-state index contributed by atoms with van der Waals surface area (Å²) >= 11 is 0. The highest BCUT2D eigenvalue weighted by molar-refractivity contribution is 5.94. The van der Waals surface area contributed by atoms with Gasteiger partial charge in [0.15, 0.2) is 5.58 Å². The molecule has 0 spiro atoms. The van der Waals surface area contributed by atoms with Crippen molar-refractivity contribution in [2.45, 2.75) is 51.2 Å². The lowest BCUT2D eigenvalue weighted by Gasteiger charge is -2.25. The molecule has 8 heteroatoms. The normalized spacial score (nSPS) is 18.6. The van der Waals surface area contributed by atoms with Gasteiger partial charge in [0.05, 0.1) is 0 Å². The van der Waals surface area contributed by atoms with Crippen molar-refractivity contribution in [3.8, 4) is 11.5 Å². The molecule has 3 aromatic rings. The number of rotatable bonds is 6. The largest absolute Gasteiger partial charge is 0.436 e. The van der Waals surface area contributed by atoms with Gasteiger partial charge in [-0.1, -0.05) is 12.1 Å². The Kier molecular flexibility index (Phi) is 6.44. The van der Waals surface area contributed by atoms with E-state index in [2.05, 4.69) is 15.6 Å². The summed E-state index contributed by atoms with van der Waals surface area (Å²) in [4.78, 5) is 42.7. The fourth-order valence-corrected chi connectivity index (χ4v) is 4.26. The van der Waals surface area contributed by atoms with Crippen molar-refractivity contribution in [3.63, 3.8) is 0 Å². The van der Waals surface area contributed by atoms with Crippen LogP contribution in [0.5, 0.6) is 0 Å². The zero-order valence-corrected chi connectivity index (χ0v) is 19.0. The summed E-state index contributed by atoms with van der Waals surface area (Å²) in [7, 11) is 1.80. The number of amides is 3. The minimum absolute atomic E-state index is 0.0181. The van der Waals surface area contributed by atoms with Crippen LogP contribution in [-0.2, 0) is 9.59 Å². The average Bonchev–Trinajstić information content (AvgIpc) is 3.45. The first-order valence-electron chi connectivity index (χ1n) is 11.1. The number of aromatic nitrogens is 1. The van der Waals surface area contributed by atoms with Gasteiger partial charge in [-0.2, -0.15) is 0 Å². The van der Waals surface area contributed by atoms with Gasteiger partial charge >= 0.3 is 0 Å². The van der Waals surface area contributed by atoms with E-state index in [1.54, 1.807) is 31.0 Å². The molecular formula is C25H28N4O4. The minimum Gasteiger partial charge on any atom is -0.436 e. The molecule has 1 aliphatic rings. The number of carbonyl (C=O) groups is 3. The smallest absolute Gasteiger partial charge is 0.253 e. The Morgan fingerprint density at radius 3 is 2.52 bits per heavy atom. The number of para-hydroxylation sites is 2. The van der Waals surface area contributed by atoms with Crippen molar-refractivity contribution in [2.75, 3.05) is 7.05 Å². The Morgan fingerprint density at radius 2 is 1.82 bits per heavy atom. The number of fused-ring (bicyclic) bond motifs is 1. The minimum atomic E-state index is -0.583. The molecule has 1 fully saturated rings. The molecule has 0 saturated heterocycles. The third-order valence-electron chi connectivity index (χ3n) is 6.11. The molecule has 1 heterocycles. The molecule has 1 aliphatic carbocycles. The van der Waals surface area contributed by atoms with Crippen LogP contribution >= 0.6 is 0 Å². The number of hydrogen-bond acceptors (Lipinski definition) is 5. The lowest BCUT2D eigenvalue weighted by atomic mass is 10.1. The molecule has 2 aromatic carbocycles. The molecule has 0 bridgehead atoms. The third-order valence-corrected chi connectivity index (χ3v) is 6.11. The molecule has 3 atom stereocenters. The Balaban J connectivity index is 1.36. The van der Waals surface area contributed by atoms with E-state index in [4.69, 9.17) is 4.42 Å². The maximum Gasteiger partial charge on any atom is 0.253 e. The topological polar surface area (TPSA) is 105 Å². The van der Waals surface area contributed by atoms with Crippen LogP contribution in [0.2, 0.25) is 0 Å². The summed E-state index contributed by atoms with van der Waals surface area (Å²) in [6, 6.07) is 14.3. The summed E-state index contributed by atoms with van der Waals surface area (Å²) in [6.07, 6.45) is 2.28. The van der Waals surface area contributed by atoms with Crippen LogP contribution in [0.4, 0.5) is 0 Å². The second-order valence-corrected chi connectivity index (χ2v) is 8.57. The Bertz CT molecular complexity index is 1140. The van der Waals surface area contributed by atoms with Crippen molar-refractivity contribution >= 4 is 28.8 Å². The second-order valence-electron chi connectivity index (χ2n) is 8.57. The van der Waals surface area contributed by atoms with Crippen LogP contribution in [-0.4, -0.2) is 52.8 Å². The molecule has 4 rings (SSSR count). The van der Waals surface area contributed by atoms with Gasteiger partial charge in [0, 0.05) is 37.2 Å². The maximum absolute atomic E-state index is 13.0. The Labute approximate surface area is 192 Å². The van der Waals surface area contributed by atoms with Crippen LogP contribution < -0.4 is 10.6 Å². The molecule has 33 heavy (non-hydrogen) atoms. The summed E-state index contributed by atoms with van der Waals surface area (Å²) in [5.41, 5.74) is 2.91. The third kappa shape index (κ3) is 5.05. The molecular weight excluding hydrogens is 420 g/mol.